The second-order valence-electron chi connectivity index (χ2n) is 5.47. The maximum Gasteiger partial charge on any atom is 0.311 e. The highest BCUT2D eigenvalue weighted by Gasteiger charge is 2.43. The number of carboxylic acid groups (broad SMARTS) is 1. The number of nitriles is 1. The van der Waals surface area contributed by atoms with E-state index in [2.05, 4.69) is 27.3 Å². The SMILES string of the molecule is CC1(C(=O)O)CCCCC1Nc1ccc(C#N)c(Br)c1. The maximum atomic E-state index is 11.6. The predicted molar refractivity (Wildman–Crippen MR) is 80.5 cm³/mol. The molecule has 1 saturated carbocycles. The van der Waals surface area contributed by atoms with Crippen molar-refractivity contribution in [3.8, 4) is 6.07 Å². The minimum absolute atomic E-state index is 0.0893. The fourth-order valence-electron chi connectivity index (χ4n) is 2.72. The van der Waals surface area contributed by atoms with E-state index < -0.39 is 11.4 Å². The van der Waals surface area contributed by atoms with Crippen LogP contribution in [0.3, 0.4) is 0 Å². The van der Waals surface area contributed by atoms with Crippen molar-refractivity contribution in [2.75, 3.05) is 5.32 Å². The van der Waals surface area contributed by atoms with Gasteiger partial charge in [-0.3, -0.25) is 4.79 Å². The van der Waals surface area contributed by atoms with E-state index in [4.69, 9.17) is 5.26 Å². The number of carbonyl (C=O) groups is 1. The van der Waals surface area contributed by atoms with Crippen molar-refractivity contribution < 1.29 is 9.90 Å². The Labute approximate surface area is 126 Å². The summed E-state index contributed by atoms with van der Waals surface area (Å²) >= 11 is 3.35. The van der Waals surface area contributed by atoms with Gasteiger partial charge in [-0.1, -0.05) is 12.8 Å². The van der Waals surface area contributed by atoms with Gasteiger partial charge >= 0.3 is 5.97 Å². The summed E-state index contributed by atoms with van der Waals surface area (Å²) in [7, 11) is 0. The molecule has 0 aliphatic heterocycles. The Balaban J connectivity index is 2.21. The molecule has 0 aromatic heterocycles. The molecule has 1 aromatic rings. The molecule has 0 saturated heterocycles. The van der Waals surface area contributed by atoms with Crippen molar-refractivity contribution in [2.24, 2.45) is 5.41 Å². The van der Waals surface area contributed by atoms with Crippen molar-refractivity contribution >= 4 is 27.6 Å². The molecule has 0 radical (unpaired) electrons. The van der Waals surface area contributed by atoms with Gasteiger partial charge in [0.25, 0.3) is 0 Å². The summed E-state index contributed by atoms with van der Waals surface area (Å²) in [5, 5.41) is 21.7. The van der Waals surface area contributed by atoms with Gasteiger partial charge in [0.2, 0.25) is 0 Å². The molecule has 5 heteroatoms. The molecule has 106 valence electrons. The van der Waals surface area contributed by atoms with Gasteiger partial charge in [-0.05, 0) is 53.9 Å². The molecular weight excluding hydrogens is 320 g/mol. The molecule has 1 aromatic carbocycles. The average molecular weight is 337 g/mol. The van der Waals surface area contributed by atoms with E-state index >= 15 is 0 Å². The number of carboxylic acids is 1. The van der Waals surface area contributed by atoms with Crippen LogP contribution in [0, 0.1) is 16.7 Å². The van der Waals surface area contributed by atoms with E-state index in [1.54, 1.807) is 6.07 Å². The maximum absolute atomic E-state index is 11.6. The van der Waals surface area contributed by atoms with Gasteiger partial charge in [0.05, 0.1) is 11.0 Å². The van der Waals surface area contributed by atoms with Gasteiger partial charge in [-0.2, -0.15) is 5.26 Å². The van der Waals surface area contributed by atoms with Crippen molar-refractivity contribution in [3.63, 3.8) is 0 Å². The highest BCUT2D eigenvalue weighted by molar-refractivity contribution is 9.10. The first-order chi connectivity index (χ1) is 9.47. The van der Waals surface area contributed by atoms with Crippen LogP contribution in [0.5, 0.6) is 0 Å². The van der Waals surface area contributed by atoms with E-state index in [9.17, 15) is 9.90 Å². The molecule has 2 atom stereocenters. The summed E-state index contributed by atoms with van der Waals surface area (Å²) in [6.45, 7) is 1.81. The number of nitrogens with one attached hydrogen (secondary N) is 1. The molecule has 1 aliphatic rings. The Morgan fingerprint density at radius 3 is 2.90 bits per heavy atom. The van der Waals surface area contributed by atoms with Gasteiger partial charge in [0.1, 0.15) is 6.07 Å². The topological polar surface area (TPSA) is 73.1 Å². The molecule has 2 N–H and O–H groups in total. The lowest BCUT2D eigenvalue weighted by Crippen LogP contribution is -2.46. The van der Waals surface area contributed by atoms with Gasteiger partial charge in [-0.25, -0.2) is 0 Å². The number of nitrogens with zero attached hydrogens (tertiary/aromatic N) is 1. The molecule has 0 bridgehead atoms. The number of halogens is 1. The predicted octanol–water partition coefficient (Wildman–Crippen LogP) is 3.77. The monoisotopic (exact) mass is 336 g/mol. The molecule has 20 heavy (non-hydrogen) atoms. The largest absolute Gasteiger partial charge is 0.481 e. The third kappa shape index (κ3) is 2.80. The molecule has 2 rings (SSSR count). The van der Waals surface area contributed by atoms with Crippen molar-refractivity contribution in [1.29, 1.82) is 5.26 Å². The number of hydrogen-bond donors (Lipinski definition) is 2. The third-order valence-corrected chi connectivity index (χ3v) is 4.78. The Bertz CT molecular complexity index is 567. The molecule has 0 heterocycles. The van der Waals surface area contributed by atoms with E-state index in [0.29, 0.717) is 12.0 Å². The first-order valence-corrected chi connectivity index (χ1v) is 7.46. The summed E-state index contributed by atoms with van der Waals surface area (Å²) in [5.41, 5.74) is 0.675. The molecular formula is C15H17BrN2O2. The van der Waals surface area contributed by atoms with Crippen molar-refractivity contribution in [2.45, 2.75) is 38.6 Å². The lowest BCUT2D eigenvalue weighted by atomic mass is 9.71. The second kappa shape index (κ2) is 5.84. The minimum atomic E-state index is -0.748. The number of rotatable bonds is 3. The van der Waals surface area contributed by atoms with Gasteiger partial charge in [-0.15, -0.1) is 0 Å². The summed E-state index contributed by atoms with van der Waals surface area (Å²) in [4.78, 5) is 11.6. The lowest BCUT2D eigenvalue weighted by molar-refractivity contribution is -0.150. The van der Waals surface area contributed by atoms with Crippen LogP contribution in [0.15, 0.2) is 22.7 Å². The number of anilines is 1. The van der Waals surface area contributed by atoms with Crippen LogP contribution in [0.4, 0.5) is 5.69 Å². The Hall–Kier alpha value is -1.54. The van der Waals surface area contributed by atoms with Gasteiger partial charge < -0.3 is 10.4 Å². The van der Waals surface area contributed by atoms with E-state index in [1.165, 1.54) is 0 Å². The Morgan fingerprint density at radius 1 is 1.55 bits per heavy atom. The van der Waals surface area contributed by atoms with Crippen LogP contribution in [0.1, 0.15) is 38.2 Å². The molecule has 0 amide bonds. The Morgan fingerprint density at radius 2 is 2.30 bits per heavy atom. The Kier molecular flexibility index (Phi) is 4.34. The zero-order chi connectivity index (χ0) is 14.8. The minimum Gasteiger partial charge on any atom is -0.481 e. The first-order valence-electron chi connectivity index (χ1n) is 6.67. The normalized spacial score (nSPS) is 25.8. The van der Waals surface area contributed by atoms with Crippen LogP contribution >= 0.6 is 15.9 Å². The van der Waals surface area contributed by atoms with Crippen LogP contribution < -0.4 is 5.32 Å². The molecule has 4 nitrogen and oxygen atoms in total. The second-order valence-corrected chi connectivity index (χ2v) is 6.33. The van der Waals surface area contributed by atoms with E-state index in [1.807, 2.05) is 19.1 Å². The molecule has 0 spiro atoms. The van der Waals surface area contributed by atoms with Crippen molar-refractivity contribution in [1.82, 2.24) is 0 Å². The molecule has 2 unspecified atom stereocenters. The van der Waals surface area contributed by atoms with Crippen LogP contribution in [-0.4, -0.2) is 17.1 Å². The quantitative estimate of drug-likeness (QED) is 0.881. The van der Waals surface area contributed by atoms with Crippen LogP contribution in [0.2, 0.25) is 0 Å². The van der Waals surface area contributed by atoms with E-state index in [-0.39, 0.29) is 6.04 Å². The lowest BCUT2D eigenvalue weighted by Gasteiger charge is -2.39. The number of hydrogen-bond acceptors (Lipinski definition) is 3. The number of aliphatic carboxylic acids is 1. The molecule has 1 fully saturated rings. The van der Waals surface area contributed by atoms with Crippen LogP contribution in [0.25, 0.3) is 0 Å². The van der Waals surface area contributed by atoms with Crippen molar-refractivity contribution in [3.05, 3.63) is 28.2 Å². The van der Waals surface area contributed by atoms with Crippen LogP contribution in [-0.2, 0) is 4.79 Å². The third-order valence-electron chi connectivity index (χ3n) is 4.13. The molecule has 1 aliphatic carbocycles. The highest BCUT2D eigenvalue weighted by atomic mass is 79.9. The van der Waals surface area contributed by atoms with Gasteiger partial charge in [0.15, 0.2) is 0 Å². The summed E-state index contributed by atoms with van der Waals surface area (Å²) in [6.07, 6.45) is 3.54. The zero-order valence-electron chi connectivity index (χ0n) is 11.3. The zero-order valence-corrected chi connectivity index (χ0v) is 12.9. The average Bonchev–Trinajstić information content (AvgIpc) is 2.41. The summed E-state index contributed by atoms with van der Waals surface area (Å²) in [5.74, 6) is -0.748. The number of benzene rings is 1. The smallest absolute Gasteiger partial charge is 0.311 e. The van der Waals surface area contributed by atoms with Gasteiger partial charge in [0, 0.05) is 16.2 Å². The highest BCUT2D eigenvalue weighted by Crippen LogP contribution is 2.38. The first kappa shape index (κ1) is 14.9. The fourth-order valence-corrected chi connectivity index (χ4v) is 3.19. The standard InChI is InChI=1S/C15H17BrN2O2/c1-15(14(19)20)7-3-2-4-13(15)18-11-6-5-10(9-17)12(16)8-11/h5-6,8,13,18H,2-4,7H2,1H3,(H,19,20). The fraction of sp³-hybridized carbons (Fsp3) is 0.467. The summed E-state index contributed by atoms with van der Waals surface area (Å²) in [6, 6.07) is 7.38. The van der Waals surface area contributed by atoms with E-state index in [0.717, 1.165) is 29.4 Å². The summed E-state index contributed by atoms with van der Waals surface area (Å²) < 4.78 is 0.720.